The van der Waals surface area contributed by atoms with Gasteiger partial charge in [-0.25, -0.2) is 28.7 Å². The van der Waals surface area contributed by atoms with Gasteiger partial charge in [-0.05, 0) is 88.3 Å². The molecular formula is C38H38Cl2F2N6. The molecule has 8 rings (SSSR count). The molecule has 0 bridgehead atoms. The Balaban J connectivity index is 0.000000180. The lowest BCUT2D eigenvalue weighted by molar-refractivity contribution is 0.446. The molecule has 10 heteroatoms. The van der Waals surface area contributed by atoms with E-state index in [1.54, 1.807) is 24.3 Å². The fraction of sp³-hybridized carbons (Fsp3) is 0.263. The minimum Gasteiger partial charge on any atom is -0.317 e. The highest BCUT2D eigenvalue weighted by atomic mass is 35.5. The second-order valence-corrected chi connectivity index (χ2v) is 11.9. The van der Waals surface area contributed by atoms with Crippen molar-refractivity contribution in [2.75, 3.05) is 26.2 Å². The predicted molar refractivity (Wildman–Crippen MR) is 194 cm³/mol. The lowest BCUT2D eigenvalue weighted by Gasteiger charge is -2.22. The smallest absolute Gasteiger partial charge is 0.132 e. The summed E-state index contributed by atoms with van der Waals surface area (Å²) in [4.78, 5) is 19.1. The van der Waals surface area contributed by atoms with E-state index in [9.17, 15) is 8.78 Å². The van der Waals surface area contributed by atoms with Crippen LogP contribution in [0.25, 0.3) is 44.3 Å². The maximum Gasteiger partial charge on any atom is 0.132 e. The van der Waals surface area contributed by atoms with Gasteiger partial charge >= 0.3 is 0 Å². The number of halogens is 4. The van der Waals surface area contributed by atoms with Crippen molar-refractivity contribution < 1.29 is 8.78 Å². The Morgan fingerprint density at radius 1 is 0.458 bits per heavy atom. The molecule has 6 aromatic rings. The van der Waals surface area contributed by atoms with Crippen LogP contribution in [0.4, 0.5) is 8.78 Å². The molecule has 0 amide bonds. The molecule has 0 aliphatic carbocycles. The molecule has 0 spiro atoms. The molecule has 0 saturated carbocycles. The zero-order valence-electron chi connectivity index (χ0n) is 26.4. The highest BCUT2D eigenvalue weighted by molar-refractivity contribution is 5.93. The van der Waals surface area contributed by atoms with Crippen molar-refractivity contribution in [3.8, 4) is 22.5 Å². The summed E-state index contributed by atoms with van der Waals surface area (Å²) in [6.45, 7) is 3.93. The van der Waals surface area contributed by atoms with Gasteiger partial charge in [-0.15, -0.1) is 24.8 Å². The van der Waals surface area contributed by atoms with Gasteiger partial charge in [-0.2, -0.15) is 0 Å². The van der Waals surface area contributed by atoms with E-state index >= 15 is 0 Å². The molecule has 48 heavy (non-hydrogen) atoms. The number of hydrogen-bond acceptors (Lipinski definition) is 6. The largest absolute Gasteiger partial charge is 0.317 e. The third kappa shape index (κ3) is 7.63. The van der Waals surface area contributed by atoms with Crippen molar-refractivity contribution in [2.45, 2.75) is 37.5 Å². The molecule has 6 nitrogen and oxygen atoms in total. The second-order valence-electron chi connectivity index (χ2n) is 11.9. The van der Waals surface area contributed by atoms with Crippen LogP contribution in [0, 0.1) is 11.6 Å². The van der Waals surface area contributed by atoms with E-state index < -0.39 is 0 Å². The van der Waals surface area contributed by atoms with Crippen molar-refractivity contribution in [1.82, 2.24) is 30.6 Å². The summed E-state index contributed by atoms with van der Waals surface area (Å²) < 4.78 is 28.6. The molecular weight excluding hydrogens is 649 g/mol. The van der Waals surface area contributed by atoms with E-state index in [0.29, 0.717) is 34.4 Å². The molecule has 2 saturated heterocycles. The number of benzene rings is 4. The zero-order chi connectivity index (χ0) is 31.3. The van der Waals surface area contributed by atoms with E-state index in [-0.39, 0.29) is 36.4 Å². The van der Waals surface area contributed by atoms with Gasteiger partial charge in [0, 0.05) is 33.7 Å². The number of nitrogens with zero attached hydrogens (tertiary/aromatic N) is 4. The van der Waals surface area contributed by atoms with Crippen LogP contribution < -0.4 is 10.6 Å². The van der Waals surface area contributed by atoms with Crippen LogP contribution in [0.5, 0.6) is 0 Å². The van der Waals surface area contributed by atoms with Crippen LogP contribution in [0.1, 0.15) is 49.2 Å². The molecule has 0 radical (unpaired) electrons. The third-order valence-corrected chi connectivity index (χ3v) is 8.91. The summed E-state index contributed by atoms with van der Waals surface area (Å²) in [6, 6.07) is 29.3. The molecule has 2 aliphatic heterocycles. The molecule has 0 unspecified atom stereocenters. The van der Waals surface area contributed by atoms with Gasteiger partial charge in [-0.1, -0.05) is 60.7 Å². The van der Waals surface area contributed by atoms with Crippen molar-refractivity contribution in [3.63, 3.8) is 0 Å². The number of nitrogens with one attached hydrogen (secondary N) is 2. The third-order valence-electron chi connectivity index (χ3n) is 8.91. The lowest BCUT2D eigenvalue weighted by Crippen LogP contribution is -2.27. The first-order valence-electron chi connectivity index (χ1n) is 16.1. The van der Waals surface area contributed by atoms with Gasteiger partial charge in [0.2, 0.25) is 0 Å². The predicted octanol–water partition coefficient (Wildman–Crippen LogP) is 8.65. The Morgan fingerprint density at radius 3 is 1.21 bits per heavy atom. The molecule has 2 N–H and O–H groups in total. The maximum absolute atomic E-state index is 14.3. The first-order chi connectivity index (χ1) is 22.7. The Kier molecular flexibility index (Phi) is 12.0. The highest BCUT2D eigenvalue weighted by Gasteiger charge is 2.22. The first kappa shape index (κ1) is 35.2. The van der Waals surface area contributed by atoms with Crippen molar-refractivity contribution in [2.24, 2.45) is 0 Å². The number of para-hydroxylation sites is 2. The maximum atomic E-state index is 14.3. The standard InChI is InChI=1S/2C19H18FN3.2ClH/c2*20-16-7-3-1-5-14(16)18-15-6-2-4-8-17(15)22-19(23-18)13-9-11-21-12-10-13;;/h2*1-8,13,21H,9-12H2;2*1H. The van der Waals surface area contributed by atoms with Crippen LogP contribution in [0.3, 0.4) is 0 Å². The summed E-state index contributed by atoms with van der Waals surface area (Å²) in [7, 11) is 0. The van der Waals surface area contributed by atoms with E-state index in [1.807, 2.05) is 60.7 Å². The van der Waals surface area contributed by atoms with Crippen LogP contribution >= 0.6 is 24.8 Å². The minimum atomic E-state index is -0.243. The van der Waals surface area contributed by atoms with Gasteiger partial charge in [-0.3, -0.25) is 0 Å². The van der Waals surface area contributed by atoms with Crippen LogP contribution in [-0.4, -0.2) is 46.1 Å². The second kappa shape index (κ2) is 16.3. The monoisotopic (exact) mass is 686 g/mol. The molecule has 248 valence electrons. The summed E-state index contributed by atoms with van der Waals surface area (Å²) >= 11 is 0. The Hall–Kier alpha value is -4.08. The molecule has 2 aliphatic rings. The summed E-state index contributed by atoms with van der Waals surface area (Å²) in [5, 5.41) is 8.52. The summed E-state index contributed by atoms with van der Waals surface area (Å²) in [5.74, 6) is 1.87. The van der Waals surface area contributed by atoms with E-state index in [2.05, 4.69) is 10.6 Å². The van der Waals surface area contributed by atoms with E-state index in [1.165, 1.54) is 12.1 Å². The number of fused-ring (bicyclic) bond motifs is 2. The topological polar surface area (TPSA) is 75.6 Å². The molecule has 4 aromatic carbocycles. The van der Waals surface area contributed by atoms with Crippen LogP contribution in [-0.2, 0) is 0 Å². The average molecular weight is 688 g/mol. The van der Waals surface area contributed by atoms with Gasteiger partial charge < -0.3 is 10.6 Å². The fourth-order valence-electron chi connectivity index (χ4n) is 6.43. The fourth-order valence-corrected chi connectivity index (χ4v) is 6.43. The van der Waals surface area contributed by atoms with Crippen LogP contribution in [0.2, 0.25) is 0 Å². The lowest BCUT2D eigenvalue weighted by atomic mass is 9.96. The number of piperidine rings is 2. The van der Waals surface area contributed by atoms with Gasteiger partial charge in [0.25, 0.3) is 0 Å². The molecule has 4 heterocycles. The Bertz CT molecular complexity index is 1840. The number of hydrogen-bond donors (Lipinski definition) is 2. The van der Waals surface area contributed by atoms with E-state index in [4.69, 9.17) is 19.9 Å². The quantitative estimate of drug-likeness (QED) is 0.193. The van der Waals surface area contributed by atoms with Gasteiger partial charge in [0.15, 0.2) is 0 Å². The Labute approximate surface area is 291 Å². The Morgan fingerprint density at radius 2 is 0.812 bits per heavy atom. The number of rotatable bonds is 4. The van der Waals surface area contributed by atoms with Gasteiger partial charge in [0.05, 0.1) is 22.4 Å². The first-order valence-corrected chi connectivity index (χ1v) is 16.1. The van der Waals surface area contributed by atoms with E-state index in [0.717, 1.165) is 85.3 Å². The molecule has 0 atom stereocenters. The van der Waals surface area contributed by atoms with Crippen molar-refractivity contribution in [3.05, 3.63) is 120 Å². The van der Waals surface area contributed by atoms with Gasteiger partial charge in [0.1, 0.15) is 23.3 Å². The summed E-state index contributed by atoms with van der Waals surface area (Å²) in [5.41, 5.74) is 4.25. The highest BCUT2D eigenvalue weighted by Crippen LogP contribution is 2.33. The molecule has 2 fully saturated rings. The summed E-state index contributed by atoms with van der Waals surface area (Å²) in [6.07, 6.45) is 4.09. The normalized spacial score (nSPS) is 15.2. The van der Waals surface area contributed by atoms with Crippen molar-refractivity contribution in [1.29, 1.82) is 0 Å². The minimum absolute atomic E-state index is 0. The molecule has 2 aromatic heterocycles. The number of aromatic nitrogens is 4. The zero-order valence-corrected chi connectivity index (χ0v) is 28.0. The van der Waals surface area contributed by atoms with Crippen LogP contribution in [0.15, 0.2) is 97.1 Å². The van der Waals surface area contributed by atoms with Crippen molar-refractivity contribution >= 4 is 46.6 Å². The average Bonchev–Trinajstić information content (AvgIpc) is 3.12. The SMILES string of the molecule is Cl.Cl.Fc1ccccc1-c1nc(C2CCNCC2)nc2ccccc12.Fc1ccccc1-c1nc(C2CCNCC2)nc2ccccc12.